The van der Waals surface area contributed by atoms with E-state index in [-0.39, 0.29) is 0 Å². The predicted octanol–water partition coefficient (Wildman–Crippen LogP) is 12.3. The summed E-state index contributed by atoms with van der Waals surface area (Å²) in [6, 6.07) is 57.3. The first-order chi connectivity index (χ1) is 24.7. The van der Waals surface area contributed by atoms with Crippen molar-refractivity contribution in [3.8, 4) is 56.2 Å². The first-order valence-corrected chi connectivity index (χ1v) is 16.7. The van der Waals surface area contributed by atoms with Gasteiger partial charge in [-0.1, -0.05) is 170 Å². The van der Waals surface area contributed by atoms with Gasteiger partial charge >= 0.3 is 0 Å². The van der Waals surface area contributed by atoms with Gasteiger partial charge in [-0.25, -0.2) is 9.97 Å². The fourth-order valence-corrected chi connectivity index (χ4v) is 6.62. The van der Waals surface area contributed by atoms with Gasteiger partial charge in [0.1, 0.15) is 0 Å². The highest BCUT2D eigenvalue weighted by molar-refractivity contribution is 6.13. The zero-order chi connectivity index (χ0) is 33.9. The Hall–Kier alpha value is -6.71. The molecule has 3 heteroatoms. The largest absolute Gasteiger partial charge is 0.308 e. The quantitative estimate of drug-likeness (QED) is 0.102. The first-order valence-electron chi connectivity index (χ1n) is 16.7. The molecule has 50 heavy (non-hydrogen) atoms. The Morgan fingerprint density at radius 3 is 1.66 bits per heavy atom. The van der Waals surface area contributed by atoms with Crippen molar-refractivity contribution >= 4 is 33.3 Å². The van der Waals surface area contributed by atoms with E-state index in [1.807, 2.05) is 24.3 Å². The Bertz CT molecular complexity index is 2530. The normalized spacial score (nSPS) is 11.5. The molecular formula is C47H33N3. The molecule has 1 N–H and O–H groups in total. The molecule has 0 saturated heterocycles. The maximum atomic E-state index is 7.82. The molecular weight excluding hydrogens is 607 g/mol. The topological polar surface area (TPSA) is 49.6 Å². The van der Waals surface area contributed by atoms with Crippen LogP contribution in [0.15, 0.2) is 183 Å². The van der Waals surface area contributed by atoms with Crippen molar-refractivity contribution in [2.24, 2.45) is 0 Å². The highest BCUT2D eigenvalue weighted by Crippen LogP contribution is 2.36. The summed E-state index contributed by atoms with van der Waals surface area (Å²) in [5, 5.41) is 12.8. The van der Waals surface area contributed by atoms with Crippen LogP contribution in [0.1, 0.15) is 5.56 Å². The molecule has 0 unspecified atom stereocenters. The minimum atomic E-state index is 0.664. The number of nitrogens with one attached hydrogen (secondary N) is 1. The Labute approximate surface area is 292 Å². The molecule has 0 fully saturated rings. The third-order valence-electron chi connectivity index (χ3n) is 9.20. The van der Waals surface area contributed by atoms with Crippen LogP contribution in [-0.4, -0.2) is 16.2 Å². The number of hydrogen-bond donors (Lipinski definition) is 1. The van der Waals surface area contributed by atoms with Crippen LogP contribution < -0.4 is 0 Å². The summed E-state index contributed by atoms with van der Waals surface area (Å²) in [6.45, 7) is 3.79. The Morgan fingerprint density at radius 2 is 1.00 bits per heavy atom. The minimum absolute atomic E-state index is 0.664. The van der Waals surface area contributed by atoms with E-state index in [1.54, 1.807) is 6.08 Å². The zero-order valence-corrected chi connectivity index (χ0v) is 27.4. The van der Waals surface area contributed by atoms with Crippen LogP contribution in [0.2, 0.25) is 0 Å². The monoisotopic (exact) mass is 639 g/mol. The maximum Gasteiger partial charge on any atom is 0.160 e. The van der Waals surface area contributed by atoms with E-state index in [1.165, 1.54) is 38.9 Å². The molecule has 8 aromatic rings. The van der Waals surface area contributed by atoms with Crippen molar-refractivity contribution in [3.63, 3.8) is 0 Å². The molecule has 236 valence electrons. The van der Waals surface area contributed by atoms with E-state index in [2.05, 4.69) is 152 Å². The minimum Gasteiger partial charge on any atom is -0.308 e. The molecule has 0 aliphatic heterocycles. The molecule has 0 bridgehead atoms. The number of aromatic nitrogens is 2. The van der Waals surface area contributed by atoms with Gasteiger partial charge in [-0.3, -0.25) is 0 Å². The van der Waals surface area contributed by atoms with Gasteiger partial charge in [0.25, 0.3) is 0 Å². The van der Waals surface area contributed by atoms with Crippen LogP contribution in [0.4, 0.5) is 0 Å². The fourth-order valence-electron chi connectivity index (χ4n) is 6.62. The van der Waals surface area contributed by atoms with Crippen LogP contribution in [0, 0.1) is 5.41 Å². The van der Waals surface area contributed by atoms with Gasteiger partial charge in [0, 0.05) is 22.9 Å². The molecule has 0 aliphatic rings. The summed E-state index contributed by atoms with van der Waals surface area (Å²) in [5.41, 5.74) is 11.1. The third-order valence-corrected chi connectivity index (χ3v) is 9.20. The van der Waals surface area contributed by atoms with Crippen molar-refractivity contribution < 1.29 is 0 Å². The van der Waals surface area contributed by atoms with E-state index in [9.17, 15) is 0 Å². The smallest absolute Gasteiger partial charge is 0.160 e. The van der Waals surface area contributed by atoms with E-state index in [4.69, 9.17) is 15.4 Å². The number of allylic oxidation sites excluding steroid dienone is 3. The predicted molar refractivity (Wildman–Crippen MR) is 211 cm³/mol. The van der Waals surface area contributed by atoms with Crippen LogP contribution >= 0.6 is 0 Å². The molecule has 0 saturated carbocycles. The average molecular weight is 640 g/mol. The van der Waals surface area contributed by atoms with E-state index >= 15 is 0 Å². The lowest BCUT2D eigenvalue weighted by Crippen LogP contribution is -1.96. The van der Waals surface area contributed by atoms with Crippen LogP contribution in [-0.2, 0) is 0 Å². The molecule has 0 spiro atoms. The van der Waals surface area contributed by atoms with Crippen molar-refractivity contribution in [1.29, 1.82) is 5.41 Å². The van der Waals surface area contributed by atoms with Crippen molar-refractivity contribution in [2.75, 3.05) is 0 Å². The Kier molecular flexibility index (Phi) is 8.22. The molecule has 7 aromatic carbocycles. The molecule has 0 aliphatic carbocycles. The Morgan fingerprint density at radius 1 is 0.480 bits per heavy atom. The van der Waals surface area contributed by atoms with E-state index < -0.39 is 0 Å². The van der Waals surface area contributed by atoms with E-state index in [0.717, 1.165) is 50.3 Å². The average Bonchev–Trinajstić information content (AvgIpc) is 3.20. The van der Waals surface area contributed by atoms with Crippen LogP contribution in [0.25, 0.3) is 83.3 Å². The van der Waals surface area contributed by atoms with Gasteiger partial charge in [-0.15, -0.1) is 0 Å². The van der Waals surface area contributed by atoms with Crippen molar-refractivity contribution in [3.05, 3.63) is 188 Å². The van der Waals surface area contributed by atoms with Gasteiger partial charge in [-0.2, -0.15) is 0 Å². The molecule has 1 heterocycles. The zero-order valence-electron chi connectivity index (χ0n) is 27.4. The highest BCUT2D eigenvalue weighted by Gasteiger charge is 2.13. The second-order valence-corrected chi connectivity index (χ2v) is 12.3. The third kappa shape index (κ3) is 5.93. The van der Waals surface area contributed by atoms with Crippen LogP contribution in [0.5, 0.6) is 0 Å². The second-order valence-electron chi connectivity index (χ2n) is 12.3. The standard InChI is InChI=1S/C47H33N3/c1-2-10-40(31-48)34-17-23-36(24-18-34)45-30-46(50-47(49-45)38-27-19-33(20-28-38)32-11-4-3-5-12-32)37-25-21-35(22-26-37)44-29-39-13-6-7-14-41(39)42-15-8-9-16-43(42)44/h2-31,48H,1H2/b40-10+,48-31?. The first kappa shape index (κ1) is 30.6. The van der Waals surface area contributed by atoms with Crippen molar-refractivity contribution in [1.82, 2.24) is 9.97 Å². The number of benzene rings is 7. The van der Waals surface area contributed by atoms with Gasteiger partial charge in [0.2, 0.25) is 0 Å². The fraction of sp³-hybridized carbons (Fsp3) is 0. The molecule has 1 aromatic heterocycles. The van der Waals surface area contributed by atoms with Gasteiger partial charge in [0.15, 0.2) is 5.82 Å². The lowest BCUT2D eigenvalue weighted by atomic mass is 9.92. The van der Waals surface area contributed by atoms with Gasteiger partial charge < -0.3 is 5.41 Å². The second kappa shape index (κ2) is 13.4. The summed E-state index contributed by atoms with van der Waals surface area (Å²) >= 11 is 0. The SMILES string of the molecule is C=C/C=C(\C=N)c1ccc(-c2cc(-c3ccc(-c4cc5ccccc5c5ccccc45)cc3)nc(-c3ccc(-c4ccccc4)cc3)n2)cc1. The number of nitrogens with zero attached hydrogens (tertiary/aromatic N) is 2. The number of fused-ring (bicyclic) bond motifs is 3. The highest BCUT2D eigenvalue weighted by atomic mass is 14.9. The summed E-state index contributed by atoms with van der Waals surface area (Å²) in [5.74, 6) is 0.664. The van der Waals surface area contributed by atoms with Crippen molar-refractivity contribution in [2.45, 2.75) is 0 Å². The lowest BCUT2D eigenvalue weighted by Gasteiger charge is -2.13. The number of rotatable bonds is 8. The van der Waals surface area contributed by atoms with Gasteiger partial charge in [0.05, 0.1) is 11.4 Å². The summed E-state index contributed by atoms with van der Waals surface area (Å²) < 4.78 is 0. The molecule has 3 nitrogen and oxygen atoms in total. The van der Waals surface area contributed by atoms with E-state index in [0.29, 0.717) is 5.82 Å². The molecule has 0 radical (unpaired) electrons. The Balaban J connectivity index is 1.21. The molecule has 0 amide bonds. The van der Waals surface area contributed by atoms with Gasteiger partial charge in [-0.05, 0) is 67.1 Å². The summed E-state index contributed by atoms with van der Waals surface area (Å²) in [4.78, 5) is 10.2. The summed E-state index contributed by atoms with van der Waals surface area (Å²) in [7, 11) is 0. The lowest BCUT2D eigenvalue weighted by molar-refractivity contribution is 1.18. The molecule has 0 atom stereocenters. The number of hydrogen-bond acceptors (Lipinski definition) is 3. The maximum absolute atomic E-state index is 7.82. The summed E-state index contributed by atoms with van der Waals surface area (Å²) in [6.07, 6.45) is 4.89. The molecule has 8 rings (SSSR count). The van der Waals surface area contributed by atoms with Crippen LogP contribution in [0.3, 0.4) is 0 Å².